The number of ether oxygens (including phenoxy) is 1. The second-order valence-electron chi connectivity index (χ2n) is 2.75. The quantitative estimate of drug-likeness (QED) is 0.790. The van der Waals surface area contributed by atoms with Gasteiger partial charge in [0.2, 0.25) is 0 Å². The lowest BCUT2D eigenvalue weighted by Gasteiger charge is -2.04. The number of carbonyl (C=O) groups excluding carboxylic acids is 1. The summed E-state index contributed by atoms with van der Waals surface area (Å²) in [5.74, 6) is -0.850. The second kappa shape index (κ2) is 4.99. The third-order valence-corrected chi connectivity index (χ3v) is 1.61. The molecule has 0 aromatic heterocycles. The molecule has 80 valence electrons. The number of carboxylic acids is 1. The maximum absolute atomic E-state index is 11.0. The number of carbonyl (C=O) groups is 2. The molecule has 0 aliphatic heterocycles. The van der Waals surface area contributed by atoms with Gasteiger partial charge in [-0.05, 0) is 25.1 Å². The summed E-state index contributed by atoms with van der Waals surface area (Å²) in [5, 5.41) is 11.1. The van der Waals surface area contributed by atoms with E-state index >= 15 is 0 Å². The SMILES string of the molecule is CCNC(=O)Oc1cccc(C(=O)O)c1. The number of hydrogen-bond donors (Lipinski definition) is 2. The van der Waals surface area contributed by atoms with Gasteiger partial charge in [0.25, 0.3) is 0 Å². The first kappa shape index (κ1) is 11.0. The Morgan fingerprint density at radius 1 is 1.47 bits per heavy atom. The van der Waals surface area contributed by atoms with Gasteiger partial charge in [-0.15, -0.1) is 0 Å². The molecule has 0 spiro atoms. The maximum Gasteiger partial charge on any atom is 0.412 e. The van der Waals surface area contributed by atoms with Gasteiger partial charge in [-0.1, -0.05) is 6.07 Å². The van der Waals surface area contributed by atoms with Crippen LogP contribution in [0.5, 0.6) is 5.75 Å². The molecule has 0 aliphatic rings. The van der Waals surface area contributed by atoms with Crippen LogP contribution in [-0.4, -0.2) is 23.7 Å². The molecule has 1 aromatic carbocycles. The summed E-state index contributed by atoms with van der Waals surface area (Å²) in [5.41, 5.74) is 0.0804. The van der Waals surface area contributed by atoms with E-state index in [1.165, 1.54) is 24.3 Å². The fourth-order valence-corrected chi connectivity index (χ4v) is 0.980. The molecular formula is C10H11NO4. The lowest BCUT2D eigenvalue weighted by molar-refractivity contribution is 0.0696. The van der Waals surface area contributed by atoms with Crippen molar-refractivity contribution in [1.82, 2.24) is 5.32 Å². The average Bonchev–Trinajstić information content (AvgIpc) is 2.18. The molecule has 0 radical (unpaired) electrons. The van der Waals surface area contributed by atoms with Crippen molar-refractivity contribution in [2.75, 3.05) is 6.54 Å². The molecule has 0 fully saturated rings. The van der Waals surface area contributed by atoms with Gasteiger partial charge in [0.1, 0.15) is 5.75 Å². The summed E-state index contributed by atoms with van der Waals surface area (Å²) in [6, 6.07) is 5.74. The molecule has 2 N–H and O–H groups in total. The van der Waals surface area contributed by atoms with Gasteiger partial charge in [0.15, 0.2) is 0 Å². The van der Waals surface area contributed by atoms with Crippen molar-refractivity contribution in [2.45, 2.75) is 6.92 Å². The summed E-state index contributed by atoms with van der Waals surface area (Å²) in [6.07, 6.45) is -0.597. The molecular weight excluding hydrogens is 198 g/mol. The van der Waals surface area contributed by atoms with E-state index in [2.05, 4.69) is 5.32 Å². The molecule has 1 aromatic rings. The van der Waals surface area contributed by atoms with E-state index in [-0.39, 0.29) is 11.3 Å². The molecule has 0 saturated heterocycles. The van der Waals surface area contributed by atoms with Crippen LogP contribution in [-0.2, 0) is 0 Å². The Labute approximate surface area is 86.7 Å². The summed E-state index contributed by atoms with van der Waals surface area (Å²) >= 11 is 0. The first-order valence-electron chi connectivity index (χ1n) is 4.42. The zero-order valence-corrected chi connectivity index (χ0v) is 8.19. The topological polar surface area (TPSA) is 75.6 Å². The Kier molecular flexibility index (Phi) is 3.68. The van der Waals surface area contributed by atoms with Gasteiger partial charge in [0.05, 0.1) is 5.56 Å². The molecule has 0 bridgehead atoms. The number of aromatic carboxylic acids is 1. The van der Waals surface area contributed by atoms with Gasteiger partial charge < -0.3 is 15.2 Å². The van der Waals surface area contributed by atoms with Gasteiger partial charge >= 0.3 is 12.1 Å². The lowest BCUT2D eigenvalue weighted by atomic mass is 10.2. The Balaban J connectivity index is 2.73. The number of amides is 1. The smallest absolute Gasteiger partial charge is 0.412 e. The minimum absolute atomic E-state index is 0.0804. The third-order valence-electron chi connectivity index (χ3n) is 1.61. The maximum atomic E-state index is 11.0. The second-order valence-corrected chi connectivity index (χ2v) is 2.75. The van der Waals surface area contributed by atoms with Gasteiger partial charge in [-0.2, -0.15) is 0 Å². The molecule has 5 nitrogen and oxygen atoms in total. The summed E-state index contributed by atoms with van der Waals surface area (Å²) in [7, 11) is 0. The van der Waals surface area contributed by atoms with E-state index in [9.17, 15) is 9.59 Å². The van der Waals surface area contributed by atoms with Gasteiger partial charge in [0, 0.05) is 6.54 Å². The lowest BCUT2D eigenvalue weighted by Crippen LogP contribution is -2.26. The predicted octanol–water partition coefficient (Wildman–Crippen LogP) is 1.49. The van der Waals surface area contributed by atoms with Crippen molar-refractivity contribution in [2.24, 2.45) is 0 Å². The fourth-order valence-electron chi connectivity index (χ4n) is 0.980. The highest BCUT2D eigenvalue weighted by Gasteiger charge is 2.06. The van der Waals surface area contributed by atoms with Gasteiger partial charge in [-0.3, -0.25) is 0 Å². The van der Waals surface area contributed by atoms with Crippen molar-refractivity contribution in [1.29, 1.82) is 0 Å². The summed E-state index contributed by atoms with van der Waals surface area (Å²) < 4.78 is 4.83. The minimum atomic E-state index is -1.06. The number of hydrogen-bond acceptors (Lipinski definition) is 3. The normalized spacial score (nSPS) is 9.40. The molecule has 1 amide bonds. The Morgan fingerprint density at radius 2 is 2.20 bits per heavy atom. The van der Waals surface area contributed by atoms with E-state index in [1.54, 1.807) is 6.92 Å². The van der Waals surface area contributed by atoms with Crippen LogP contribution in [0.2, 0.25) is 0 Å². The van der Waals surface area contributed by atoms with Crippen molar-refractivity contribution in [3.05, 3.63) is 29.8 Å². The van der Waals surface area contributed by atoms with Crippen LogP contribution in [0.1, 0.15) is 17.3 Å². The Hall–Kier alpha value is -2.04. The van der Waals surface area contributed by atoms with Crippen LogP contribution in [0.15, 0.2) is 24.3 Å². The summed E-state index contributed by atoms with van der Waals surface area (Å²) in [6.45, 7) is 2.21. The number of carboxylic acid groups (broad SMARTS) is 1. The highest BCUT2D eigenvalue weighted by atomic mass is 16.6. The number of benzene rings is 1. The Bertz CT molecular complexity index is 375. The van der Waals surface area contributed by atoms with Gasteiger partial charge in [-0.25, -0.2) is 9.59 Å². The molecule has 0 unspecified atom stereocenters. The van der Waals surface area contributed by atoms with E-state index < -0.39 is 12.1 Å². The standard InChI is InChI=1S/C10H11NO4/c1-2-11-10(14)15-8-5-3-4-7(6-8)9(12)13/h3-6H,2H2,1H3,(H,11,14)(H,12,13). The largest absolute Gasteiger partial charge is 0.478 e. The molecule has 0 saturated carbocycles. The first-order valence-corrected chi connectivity index (χ1v) is 4.42. The van der Waals surface area contributed by atoms with Crippen molar-refractivity contribution >= 4 is 12.1 Å². The van der Waals surface area contributed by atoms with Crippen LogP contribution in [0, 0.1) is 0 Å². The van der Waals surface area contributed by atoms with E-state index in [4.69, 9.17) is 9.84 Å². The van der Waals surface area contributed by atoms with Crippen LogP contribution in [0.25, 0.3) is 0 Å². The fraction of sp³-hybridized carbons (Fsp3) is 0.200. The minimum Gasteiger partial charge on any atom is -0.478 e. The van der Waals surface area contributed by atoms with Crippen molar-refractivity contribution in [3.8, 4) is 5.75 Å². The van der Waals surface area contributed by atoms with Crippen LogP contribution < -0.4 is 10.1 Å². The van der Waals surface area contributed by atoms with Crippen LogP contribution >= 0.6 is 0 Å². The van der Waals surface area contributed by atoms with E-state index in [0.29, 0.717) is 6.54 Å². The monoisotopic (exact) mass is 209 g/mol. The summed E-state index contributed by atoms with van der Waals surface area (Å²) in [4.78, 5) is 21.6. The van der Waals surface area contributed by atoms with E-state index in [0.717, 1.165) is 0 Å². The zero-order chi connectivity index (χ0) is 11.3. The average molecular weight is 209 g/mol. The highest BCUT2D eigenvalue weighted by molar-refractivity contribution is 5.88. The van der Waals surface area contributed by atoms with Crippen LogP contribution in [0.3, 0.4) is 0 Å². The predicted molar refractivity (Wildman–Crippen MR) is 53.1 cm³/mol. The molecule has 1 rings (SSSR count). The first-order chi connectivity index (χ1) is 7.13. The third kappa shape index (κ3) is 3.30. The van der Waals surface area contributed by atoms with Crippen LogP contribution in [0.4, 0.5) is 4.79 Å². The number of rotatable bonds is 3. The molecule has 0 atom stereocenters. The van der Waals surface area contributed by atoms with Crippen molar-refractivity contribution < 1.29 is 19.4 Å². The number of nitrogens with one attached hydrogen (secondary N) is 1. The molecule has 0 aliphatic carbocycles. The molecule has 0 heterocycles. The van der Waals surface area contributed by atoms with Crippen molar-refractivity contribution in [3.63, 3.8) is 0 Å². The molecule has 15 heavy (non-hydrogen) atoms. The highest BCUT2D eigenvalue weighted by Crippen LogP contribution is 2.13. The Morgan fingerprint density at radius 3 is 2.80 bits per heavy atom. The van der Waals surface area contributed by atoms with E-state index in [1.807, 2.05) is 0 Å². The molecule has 5 heteroatoms. The zero-order valence-electron chi connectivity index (χ0n) is 8.19.